The predicted octanol–water partition coefficient (Wildman–Crippen LogP) is 1.79. The molecule has 2 aromatic heterocycles. The van der Waals surface area contributed by atoms with E-state index in [1.165, 1.54) is 12.4 Å². The van der Waals surface area contributed by atoms with Gasteiger partial charge in [-0.1, -0.05) is 0 Å². The van der Waals surface area contributed by atoms with Gasteiger partial charge < -0.3 is 5.11 Å². The number of carboxylic acids is 1. The van der Waals surface area contributed by atoms with Crippen molar-refractivity contribution in [3.8, 4) is 11.1 Å². The summed E-state index contributed by atoms with van der Waals surface area (Å²) >= 11 is 0. The minimum atomic E-state index is -1.13. The van der Waals surface area contributed by atoms with Gasteiger partial charge in [-0.05, 0) is 20.8 Å². The van der Waals surface area contributed by atoms with Crippen LogP contribution in [0, 0.1) is 0 Å². The molecule has 6 heteroatoms. The third-order valence-corrected chi connectivity index (χ3v) is 2.45. The minimum absolute atomic E-state index is 0.0971. The van der Waals surface area contributed by atoms with Crippen LogP contribution in [0.15, 0.2) is 24.8 Å². The van der Waals surface area contributed by atoms with Crippen molar-refractivity contribution in [1.29, 1.82) is 0 Å². The van der Waals surface area contributed by atoms with Crippen molar-refractivity contribution >= 4 is 5.97 Å². The lowest BCUT2D eigenvalue weighted by molar-refractivity contribution is 0.0683. The van der Waals surface area contributed by atoms with Crippen molar-refractivity contribution in [2.24, 2.45) is 0 Å². The second-order valence-electron chi connectivity index (χ2n) is 4.94. The summed E-state index contributed by atoms with van der Waals surface area (Å²) in [6.45, 7) is 6.15. The highest BCUT2D eigenvalue weighted by atomic mass is 16.4. The van der Waals surface area contributed by atoms with Crippen molar-refractivity contribution in [3.05, 3.63) is 30.6 Å². The summed E-state index contributed by atoms with van der Waals surface area (Å²) in [5.41, 5.74) is 1.51. The molecular formula is C12H14N4O2. The van der Waals surface area contributed by atoms with Gasteiger partial charge in [-0.15, -0.1) is 0 Å². The highest BCUT2D eigenvalue weighted by Crippen LogP contribution is 2.20. The number of rotatable bonds is 2. The summed E-state index contributed by atoms with van der Waals surface area (Å²) in [6, 6.07) is 0. The van der Waals surface area contributed by atoms with Crippen molar-refractivity contribution in [1.82, 2.24) is 19.7 Å². The molecule has 0 radical (unpaired) electrons. The first kappa shape index (κ1) is 12.2. The van der Waals surface area contributed by atoms with E-state index in [1.807, 2.05) is 31.6 Å². The average Bonchev–Trinajstić information content (AvgIpc) is 2.78. The highest BCUT2D eigenvalue weighted by Gasteiger charge is 2.15. The Hall–Kier alpha value is -2.24. The fraction of sp³-hybridized carbons (Fsp3) is 0.333. The first-order chi connectivity index (χ1) is 8.38. The Balaban J connectivity index is 2.32. The quantitative estimate of drug-likeness (QED) is 0.873. The monoisotopic (exact) mass is 246 g/mol. The van der Waals surface area contributed by atoms with Gasteiger partial charge in [0.2, 0.25) is 5.82 Å². The van der Waals surface area contributed by atoms with Crippen LogP contribution in [-0.4, -0.2) is 30.8 Å². The Morgan fingerprint density at radius 1 is 1.17 bits per heavy atom. The van der Waals surface area contributed by atoms with Crippen LogP contribution in [0.5, 0.6) is 0 Å². The van der Waals surface area contributed by atoms with Crippen molar-refractivity contribution < 1.29 is 9.90 Å². The molecule has 0 atom stereocenters. The zero-order chi connectivity index (χ0) is 13.3. The number of aromatic nitrogens is 4. The molecule has 0 aliphatic heterocycles. The molecule has 2 heterocycles. The molecule has 0 aliphatic carbocycles. The van der Waals surface area contributed by atoms with Crippen LogP contribution in [0.25, 0.3) is 11.1 Å². The number of aromatic carboxylic acids is 1. The molecule has 0 fully saturated rings. The molecule has 18 heavy (non-hydrogen) atoms. The molecule has 0 unspecified atom stereocenters. The Bertz CT molecular complexity index is 567. The number of hydrogen-bond donors (Lipinski definition) is 1. The molecule has 0 saturated heterocycles. The number of carbonyl (C=O) groups is 1. The molecule has 0 saturated carbocycles. The topological polar surface area (TPSA) is 80.9 Å². The van der Waals surface area contributed by atoms with Gasteiger partial charge >= 0.3 is 5.97 Å². The van der Waals surface area contributed by atoms with Crippen molar-refractivity contribution in [3.63, 3.8) is 0 Å². The summed E-state index contributed by atoms with van der Waals surface area (Å²) < 4.78 is 1.84. The Kier molecular flexibility index (Phi) is 2.86. The van der Waals surface area contributed by atoms with Gasteiger partial charge in [-0.3, -0.25) is 4.68 Å². The van der Waals surface area contributed by atoms with Crippen LogP contribution in [0.1, 0.15) is 31.4 Å². The molecule has 0 spiro atoms. The zero-order valence-corrected chi connectivity index (χ0v) is 10.5. The standard InChI is InChI=1S/C12H14N4O2/c1-12(2,3)16-7-9(6-15-16)8-4-13-10(11(17)18)14-5-8/h4-7H,1-3H3,(H,17,18). The summed E-state index contributed by atoms with van der Waals surface area (Å²) in [5, 5.41) is 13.0. The van der Waals surface area contributed by atoms with Crippen molar-refractivity contribution in [2.45, 2.75) is 26.3 Å². The molecule has 0 aromatic carbocycles. The molecule has 1 N–H and O–H groups in total. The van der Waals surface area contributed by atoms with Crippen LogP contribution in [-0.2, 0) is 5.54 Å². The van der Waals surface area contributed by atoms with Gasteiger partial charge in [0.15, 0.2) is 0 Å². The van der Waals surface area contributed by atoms with E-state index in [4.69, 9.17) is 5.11 Å². The molecule has 0 bridgehead atoms. The van der Waals surface area contributed by atoms with E-state index in [-0.39, 0.29) is 11.4 Å². The third-order valence-electron chi connectivity index (χ3n) is 2.45. The van der Waals surface area contributed by atoms with Crippen LogP contribution in [0.4, 0.5) is 0 Å². The average molecular weight is 246 g/mol. The lowest BCUT2D eigenvalue weighted by atomic mass is 10.1. The molecule has 94 valence electrons. The minimum Gasteiger partial charge on any atom is -0.475 e. The molecule has 2 aromatic rings. The molecule has 6 nitrogen and oxygen atoms in total. The van der Waals surface area contributed by atoms with E-state index in [9.17, 15) is 4.79 Å². The maximum Gasteiger partial charge on any atom is 0.373 e. The maximum atomic E-state index is 10.6. The van der Waals surface area contributed by atoms with Crippen LogP contribution in [0.3, 0.4) is 0 Å². The van der Waals surface area contributed by atoms with E-state index in [0.717, 1.165) is 11.1 Å². The van der Waals surface area contributed by atoms with Gasteiger partial charge in [0, 0.05) is 29.7 Å². The number of carboxylic acid groups (broad SMARTS) is 1. The van der Waals surface area contributed by atoms with Gasteiger partial charge in [-0.2, -0.15) is 5.10 Å². The largest absolute Gasteiger partial charge is 0.475 e. The van der Waals surface area contributed by atoms with Crippen molar-refractivity contribution in [2.75, 3.05) is 0 Å². The van der Waals surface area contributed by atoms with Crippen LogP contribution >= 0.6 is 0 Å². The smallest absolute Gasteiger partial charge is 0.373 e. The summed E-state index contributed by atoms with van der Waals surface area (Å²) in [4.78, 5) is 18.2. The molecule has 2 rings (SSSR count). The highest BCUT2D eigenvalue weighted by molar-refractivity contribution is 5.83. The SMILES string of the molecule is CC(C)(C)n1cc(-c2cnc(C(=O)O)nc2)cn1. The summed E-state index contributed by atoms with van der Waals surface area (Å²) in [7, 11) is 0. The van der Waals surface area contributed by atoms with E-state index in [0.29, 0.717) is 0 Å². The number of hydrogen-bond acceptors (Lipinski definition) is 4. The normalized spacial score (nSPS) is 11.5. The second kappa shape index (κ2) is 4.21. The van der Waals surface area contributed by atoms with E-state index < -0.39 is 5.97 Å². The Morgan fingerprint density at radius 3 is 2.22 bits per heavy atom. The van der Waals surface area contributed by atoms with Gasteiger partial charge in [0.05, 0.1) is 11.7 Å². The molecular weight excluding hydrogens is 232 g/mol. The maximum absolute atomic E-state index is 10.6. The van der Waals surface area contributed by atoms with E-state index in [1.54, 1.807) is 6.20 Å². The lowest BCUT2D eigenvalue weighted by Crippen LogP contribution is -2.21. The van der Waals surface area contributed by atoms with E-state index >= 15 is 0 Å². The predicted molar refractivity (Wildman–Crippen MR) is 65.2 cm³/mol. The first-order valence-electron chi connectivity index (χ1n) is 5.49. The fourth-order valence-electron chi connectivity index (χ4n) is 1.43. The fourth-order valence-corrected chi connectivity index (χ4v) is 1.43. The van der Waals surface area contributed by atoms with Crippen LogP contribution in [0.2, 0.25) is 0 Å². The van der Waals surface area contributed by atoms with Gasteiger partial charge in [0.25, 0.3) is 0 Å². The zero-order valence-electron chi connectivity index (χ0n) is 10.5. The number of nitrogens with zero attached hydrogens (tertiary/aromatic N) is 4. The third kappa shape index (κ3) is 2.37. The molecule has 0 amide bonds. The Labute approximate surface area is 104 Å². The molecule has 0 aliphatic rings. The van der Waals surface area contributed by atoms with Gasteiger partial charge in [0.1, 0.15) is 0 Å². The Morgan fingerprint density at radius 2 is 1.78 bits per heavy atom. The first-order valence-corrected chi connectivity index (χ1v) is 5.49. The van der Waals surface area contributed by atoms with Gasteiger partial charge in [-0.25, -0.2) is 14.8 Å². The lowest BCUT2D eigenvalue weighted by Gasteiger charge is -2.18. The van der Waals surface area contributed by atoms with Crippen LogP contribution < -0.4 is 0 Å². The summed E-state index contributed by atoms with van der Waals surface area (Å²) in [6.07, 6.45) is 6.57. The van der Waals surface area contributed by atoms with E-state index in [2.05, 4.69) is 15.1 Å². The summed E-state index contributed by atoms with van der Waals surface area (Å²) in [5.74, 6) is -1.34. The second-order valence-corrected chi connectivity index (χ2v) is 4.94.